The van der Waals surface area contributed by atoms with Gasteiger partial charge in [-0.3, -0.25) is 4.79 Å². The SMILES string of the molecule is NCCCN(c1nccn(C2CC2)c1=O)C1CC1. The molecule has 0 unspecified atom stereocenters. The van der Waals surface area contributed by atoms with Gasteiger partial charge in [0.05, 0.1) is 0 Å². The molecule has 0 spiro atoms. The smallest absolute Gasteiger partial charge is 0.293 e. The molecular weight excluding hydrogens is 228 g/mol. The maximum absolute atomic E-state index is 12.4. The number of hydrogen-bond acceptors (Lipinski definition) is 4. The molecule has 2 aliphatic carbocycles. The van der Waals surface area contributed by atoms with Crippen molar-refractivity contribution in [1.29, 1.82) is 0 Å². The van der Waals surface area contributed by atoms with Crippen molar-refractivity contribution in [1.82, 2.24) is 9.55 Å². The quantitative estimate of drug-likeness (QED) is 0.812. The van der Waals surface area contributed by atoms with Crippen LogP contribution in [0, 0.1) is 0 Å². The molecule has 1 aromatic rings. The molecule has 5 heteroatoms. The third kappa shape index (κ3) is 2.27. The van der Waals surface area contributed by atoms with E-state index in [-0.39, 0.29) is 5.56 Å². The Labute approximate surface area is 107 Å². The van der Waals surface area contributed by atoms with Crippen molar-refractivity contribution in [3.8, 4) is 0 Å². The average Bonchev–Trinajstić information content (AvgIpc) is 3.24. The molecule has 2 N–H and O–H groups in total. The van der Waals surface area contributed by atoms with E-state index in [4.69, 9.17) is 5.73 Å². The molecule has 2 fully saturated rings. The van der Waals surface area contributed by atoms with Gasteiger partial charge in [-0.15, -0.1) is 0 Å². The fourth-order valence-electron chi connectivity index (χ4n) is 2.36. The molecule has 5 nitrogen and oxygen atoms in total. The minimum Gasteiger partial charge on any atom is -0.349 e. The number of hydrogen-bond donors (Lipinski definition) is 1. The first-order valence-electron chi connectivity index (χ1n) is 6.85. The van der Waals surface area contributed by atoms with E-state index in [1.54, 1.807) is 6.20 Å². The molecule has 0 atom stereocenters. The lowest BCUT2D eigenvalue weighted by molar-refractivity contribution is 0.668. The van der Waals surface area contributed by atoms with Crippen molar-refractivity contribution in [2.75, 3.05) is 18.0 Å². The van der Waals surface area contributed by atoms with Crippen LogP contribution >= 0.6 is 0 Å². The van der Waals surface area contributed by atoms with Crippen molar-refractivity contribution < 1.29 is 0 Å². The number of nitrogens with zero attached hydrogens (tertiary/aromatic N) is 3. The summed E-state index contributed by atoms with van der Waals surface area (Å²) in [5, 5.41) is 0. The Kier molecular flexibility index (Phi) is 3.07. The summed E-state index contributed by atoms with van der Waals surface area (Å²) in [6.07, 6.45) is 9.07. The van der Waals surface area contributed by atoms with Crippen LogP contribution in [0.3, 0.4) is 0 Å². The van der Waals surface area contributed by atoms with Crippen molar-refractivity contribution in [3.63, 3.8) is 0 Å². The topological polar surface area (TPSA) is 64.2 Å². The largest absolute Gasteiger partial charge is 0.349 e. The second-order valence-electron chi connectivity index (χ2n) is 5.26. The summed E-state index contributed by atoms with van der Waals surface area (Å²) in [6, 6.07) is 0.918. The fourth-order valence-corrected chi connectivity index (χ4v) is 2.36. The number of aromatic nitrogens is 2. The molecule has 1 aromatic heterocycles. The summed E-state index contributed by atoms with van der Waals surface area (Å²) in [7, 11) is 0. The maximum atomic E-state index is 12.4. The summed E-state index contributed by atoms with van der Waals surface area (Å²) < 4.78 is 1.85. The Balaban J connectivity index is 1.88. The van der Waals surface area contributed by atoms with Gasteiger partial charge in [-0.05, 0) is 38.6 Å². The van der Waals surface area contributed by atoms with Crippen LogP contribution in [-0.4, -0.2) is 28.7 Å². The van der Waals surface area contributed by atoms with Crippen molar-refractivity contribution in [3.05, 3.63) is 22.7 Å². The van der Waals surface area contributed by atoms with Gasteiger partial charge in [0.15, 0.2) is 5.82 Å². The Morgan fingerprint density at radius 2 is 2.17 bits per heavy atom. The lowest BCUT2D eigenvalue weighted by Crippen LogP contribution is -2.36. The number of rotatable bonds is 6. The van der Waals surface area contributed by atoms with Crippen LogP contribution in [0.1, 0.15) is 38.1 Å². The Morgan fingerprint density at radius 3 is 2.78 bits per heavy atom. The predicted molar refractivity (Wildman–Crippen MR) is 70.8 cm³/mol. The lowest BCUT2D eigenvalue weighted by atomic mass is 10.3. The zero-order valence-electron chi connectivity index (χ0n) is 10.6. The highest BCUT2D eigenvalue weighted by Gasteiger charge is 2.32. The standard InChI is InChI=1S/C13H20N4O/c14-6-1-8-16(10-2-3-10)12-13(18)17(9-7-15-12)11-4-5-11/h7,9-11H,1-6,8,14H2. The van der Waals surface area contributed by atoms with Crippen LogP contribution in [0.4, 0.5) is 5.82 Å². The van der Waals surface area contributed by atoms with E-state index in [1.807, 2.05) is 10.8 Å². The van der Waals surface area contributed by atoms with Crippen LogP contribution < -0.4 is 16.2 Å². The van der Waals surface area contributed by atoms with E-state index in [0.717, 1.165) is 25.8 Å². The highest BCUT2D eigenvalue weighted by Crippen LogP contribution is 2.34. The summed E-state index contributed by atoms with van der Waals surface area (Å²) in [6.45, 7) is 1.50. The van der Waals surface area contributed by atoms with Crippen LogP contribution in [0.5, 0.6) is 0 Å². The number of nitrogens with two attached hydrogens (primary N) is 1. The van der Waals surface area contributed by atoms with Gasteiger partial charge in [0, 0.05) is 31.0 Å². The summed E-state index contributed by atoms with van der Waals surface area (Å²) in [4.78, 5) is 18.9. The molecule has 0 radical (unpaired) electrons. The first-order chi connectivity index (χ1) is 8.81. The van der Waals surface area contributed by atoms with Gasteiger partial charge < -0.3 is 15.2 Å². The van der Waals surface area contributed by atoms with E-state index in [0.29, 0.717) is 24.4 Å². The van der Waals surface area contributed by atoms with E-state index >= 15 is 0 Å². The van der Waals surface area contributed by atoms with Gasteiger partial charge in [-0.25, -0.2) is 4.98 Å². The van der Waals surface area contributed by atoms with Crippen LogP contribution in [0.15, 0.2) is 17.2 Å². The molecule has 3 rings (SSSR count). The second kappa shape index (κ2) is 4.72. The van der Waals surface area contributed by atoms with Crippen LogP contribution in [0.25, 0.3) is 0 Å². The van der Waals surface area contributed by atoms with E-state index < -0.39 is 0 Å². The highest BCUT2D eigenvalue weighted by atomic mass is 16.1. The lowest BCUT2D eigenvalue weighted by Gasteiger charge is -2.23. The third-order valence-electron chi connectivity index (χ3n) is 3.65. The van der Waals surface area contributed by atoms with Crippen LogP contribution in [-0.2, 0) is 0 Å². The monoisotopic (exact) mass is 248 g/mol. The molecular formula is C13H20N4O. The van der Waals surface area contributed by atoms with Gasteiger partial charge in [-0.1, -0.05) is 0 Å². The summed E-state index contributed by atoms with van der Waals surface area (Å²) in [5.41, 5.74) is 5.64. The van der Waals surface area contributed by atoms with E-state index in [9.17, 15) is 4.79 Å². The molecule has 0 amide bonds. The van der Waals surface area contributed by atoms with Crippen molar-refractivity contribution >= 4 is 5.82 Å². The maximum Gasteiger partial charge on any atom is 0.293 e. The Morgan fingerprint density at radius 1 is 1.39 bits per heavy atom. The summed E-state index contributed by atoms with van der Waals surface area (Å²) >= 11 is 0. The normalized spacial score (nSPS) is 18.9. The fraction of sp³-hybridized carbons (Fsp3) is 0.692. The molecule has 18 heavy (non-hydrogen) atoms. The molecule has 0 bridgehead atoms. The van der Waals surface area contributed by atoms with Crippen LogP contribution in [0.2, 0.25) is 0 Å². The van der Waals surface area contributed by atoms with Gasteiger partial charge in [0.1, 0.15) is 0 Å². The minimum atomic E-state index is 0.0731. The Hall–Kier alpha value is -1.36. The van der Waals surface area contributed by atoms with Gasteiger partial charge in [0.2, 0.25) is 0 Å². The summed E-state index contributed by atoms with van der Waals surface area (Å²) in [5.74, 6) is 0.625. The molecule has 0 aromatic carbocycles. The molecule has 0 aliphatic heterocycles. The first kappa shape index (κ1) is 11.7. The molecule has 2 saturated carbocycles. The molecule has 2 aliphatic rings. The first-order valence-corrected chi connectivity index (χ1v) is 6.85. The number of anilines is 1. The minimum absolute atomic E-state index is 0.0731. The third-order valence-corrected chi connectivity index (χ3v) is 3.65. The van der Waals surface area contributed by atoms with Crippen molar-refractivity contribution in [2.45, 2.75) is 44.2 Å². The zero-order chi connectivity index (χ0) is 12.5. The molecule has 1 heterocycles. The molecule has 98 valence electrons. The Bertz CT molecular complexity index is 476. The second-order valence-corrected chi connectivity index (χ2v) is 5.26. The molecule has 0 saturated heterocycles. The van der Waals surface area contributed by atoms with Gasteiger partial charge in [-0.2, -0.15) is 0 Å². The van der Waals surface area contributed by atoms with Gasteiger partial charge in [0.25, 0.3) is 5.56 Å². The van der Waals surface area contributed by atoms with E-state index in [1.165, 1.54) is 12.8 Å². The van der Waals surface area contributed by atoms with Gasteiger partial charge >= 0.3 is 0 Å². The zero-order valence-corrected chi connectivity index (χ0v) is 10.6. The average molecular weight is 248 g/mol. The highest BCUT2D eigenvalue weighted by molar-refractivity contribution is 5.39. The predicted octanol–water partition coefficient (Wildman–Crippen LogP) is 0.896. The van der Waals surface area contributed by atoms with Crippen molar-refractivity contribution in [2.24, 2.45) is 5.73 Å². The van der Waals surface area contributed by atoms with E-state index in [2.05, 4.69) is 9.88 Å².